The molecule has 1 rings (SSSR count). The van der Waals surface area contributed by atoms with Crippen molar-refractivity contribution in [3.8, 4) is 0 Å². The molecule has 0 bridgehead atoms. The fourth-order valence-corrected chi connectivity index (χ4v) is 3.16. The zero-order valence-corrected chi connectivity index (χ0v) is 19.7. The van der Waals surface area contributed by atoms with Gasteiger partial charge in [-0.15, -0.1) is 0 Å². The van der Waals surface area contributed by atoms with E-state index in [4.69, 9.17) is 0 Å². The van der Waals surface area contributed by atoms with Crippen LogP contribution in [0.3, 0.4) is 0 Å². The van der Waals surface area contributed by atoms with E-state index in [9.17, 15) is 4.79 Å². The monoisotopic (exact) mass is 425 g/mol. The van der Waals surface area contributed by atoms with Crippen LogP contribution in [-0.2, 0) is 4.79 Å². The largest absolute Gasteiger partial charge is 0.304 e. The van der Waals surface area contributed by atoms with Gasteiger partial charge in [0.25, 0.3) is 5.91 Å². The number of allylic oxidation sites excluding steroid dienone is 11. The summed E-state index contributed by atoms with van der Waals surface area (Å²) in [6.07, 6.45) is 34.2. The first-order chi connectivity index (χ1) is 15.2. The first kappa shape index (κ1) is 26.9. The summed E-state index contributed by atoms with van der Waals surface area (Å²) in [5.74, 6) is -0.0803. The summed E-state index contributed by atoms with van der Waals surface area (Å²) < 4.78 is 0. The molecule has 0 spiro atoms. The Labute approximate surface area is 190 Å². The molecule has 0 atom stereocenters. The lowest BCUT2D eigenvalue weighted by Crippen LogP contribution is -2.52. The SMILES string of the molecule is CCCCCCCCCC=CC=CC=CC=CC=CC=CC(=O)NN1CCN(C)CC1. The van der Waals surface area contributed by atoms with Crippen LogP contribution in [0.15, 0.2) is 72.9 Å². The second-order valence-electron chi connectivity index (χ2n) is 8.00. The predicted octanol–water partition coefficient (Wildman–Crippen LogP) is 5.74. The minimum absolute atomic E-state index is 0.0803. The average molecular weight is 426 g/mol. The van der Waals surface area contributed by atoms with Gasteiger partial charge < -0.3 is 4.90 Å². The molecule has 1 heterocycles. The number of carbonyl (C=O) groups is 1. The molecule has 4 heteroatoms. The lowest BCUT2D eigenvalue weighted by atomic mass is 10.1. The number of likely N-dealkylation sites (N-methyl/N-ethyl adjacent to an activating group) is 1. The highest BCUT2D eigenvalue weighted by molar-refractivity contribution is 5.87. The van der Waals surface area contributed by atoms with Gasteiger partial charge in [0, 0.05) is 32.3 Å². The number of amides is 1. The lowest BCUT2D eigenvalue weighted by molar-refractivity contribution is -0.121. The van der Waals surface area contributed by atoms with Gasteiger partial charge in [-0.05, 0) is 19.9 Å². The fraction of sp³-hybridized carbons (Fsp3) is 0.519. The van der Waals surface area contributed by atoms with Crippen LogP contribution in [0.4, 0.5) is 0 Å². The molecule has 1 aliphatic rings. The quantitative estimate of drug-likeness (QED) is 0.206. The van der Waals surface area contributed by atoms with Crippen molar-refractivity contribution < 1.29 is 4.79 Å². The Kier molecular flexibility index (Phi) is 17.1. The van der Waals surface area contributed by atoms with Crippen LogP contribution in [0.25, 0.3) is 0 Å². The Morgan fingerprint density at radius 1 is 0.710 bits per heavy atom. The van der Waals surface area contributed by atoms with Crippen LogP contribution in [0, 0.1) is 0 Å². The van der Waals surface area contributed by atoms with Gasteiger partial charge in [-0.25, -0.2) is 5.01 Å². The minimum atomic E-state index is -0.0803. The fourth-order valence-electron chi connectivity index (χ4n) is 3.16. The zero-order chi connectivity index (χ0) is 22.4. The number of nitrogens with zero attached hydrogens (tertiary/aromatic N) is 2. The highest BCUT2D eigenvalue weighted by atomic mass is 16.2. The molecule has 0 aromatic carbocycles. The molecule has 1 saturated heterocycles. The van der Waals surface area contributed by atoms with Crippen LogP contribution < -0.4 is 5.43 Å². The van der Waals surface area contributed by atoms with Crippen LogP contribution >= 0.6 is 0 Å². The van der Waals surface area contributed by atoms with Crippen LogP contribution in [0.1, 0.15) is 58.3 Å². The molecule has 31 heavy (non-hydrogen) atoms. The van der Waals surface area contributed by atoms with Crippen LogP contribution in [-0.4, -0.2) is 49.0 Å². The molecule has 0 aromatic rings. The number of hydrogen-bond donors (Lipinski definition) is 1. The van der Waals surface area contributed by atoms with E-state index in [0.717, 1.165) is 26.2 Å². The molecule has 0 radical (unpaired) electrons. The number of carbonyl (C=O) groups excluding carboxylic acids is 1. The molecule has 1 N–H and O–H groups in total. The average Bonchev–Trinajstić information content (AvgIpc) is 2.77. The van der Waals surface area contributed by atoms with E-state index >= 15 is 0 Å². The van der Waals surface area contributed by atoms with Gasteiger partial charge in [0.15, 0.2) is 0 Å². The van der Waals surface area contributed by atoms with Crippen molar-refractivity contribution >= 4 is 5.91 Å². The maximum Gasteiger partial charge on any atom is 0.258 e. The van der Waals surface area contributed by atoms with Gasteiger partial charge in [-0.2, -0.15) is 0 Å². The van der Waals surface area contributed by atoms with Gasteiger partial charge in [-0.1, -0.05) is 112 Å². The van der Waals surface area contributed by atoms with E-state index in [-0.39, 0.29) is 5.91 Å². The smallest absolute Gasteiger partial charge is 0.258 e. The van der Waals surface area contributed by atoms with E-state index in [1.807, 2.05) is 47.5 Å². The lowest BCUT2D eigenvalue weighted by Gasteiger charge is -2.31. The summed E-state index contributed by atoms with van der Waals surface area (Å²) in [7, 11) is 2.10. The van der Waals surface area contributed by atoms with Crippen molar-refractivity contribution in [2.75, 3.05) is 33.2 Å². The van der Waals surface area contributed by atoms with Crippen molar-refractivity contribution in [1.82, 2.24) is 15.3 Å². The van der Waals surface area contributed by atoms with Crippen LogP contribution in [0.2, 0.25) is 0 Å². The molecule has 1 aliphatic heterocycles. The third-order valence-corrected chi connectivity index (χ3v) is 5.13. The molecular formula is C27H43N3O. The molecule has 0 unspecified atom stereocenters. The minimum Gasteiger partial charge on any atom is -0.304 e. The number of nitrogens with one attached hydrogen (secondary N) is 1. The third-order valence-electron chi connectivity index (χ3n) is 5.13. The van der Waals surface area contributed by atoms with Crippen molar-refractivity contribution in [3.63, 3.8) is 0 Å². The first-order valence-electron chi connectivity index (χ1n) is 12.0. The molecule has 0 saturated carbocycles. The summed E-state index contributed by atoms with van der Waals surface area (Å²) in [6, 6.07) is 0. The van der Waals surface area contributed by atoms with E-state index < -0.39 is 0 Å². The molecule has 172 valence electrons. The standard InChI is InChI=1S/C27H43N3O/c1-3-4-5-6-7-8-9-10-11-12-13-14-15-16-17-18-19-20-21-22-27(31)28-30-25-23-29(2)24-26-30/h11-22H,3-10,23-26H2,1-2H3,(H,28,31). The molecular weight excluding hydrogens is 382 g/mol. The number of rotatable bonds is 15. The van der Waals surface area contributed by atoms with Gasteiger partial charge in [-0.3, -0.25) is 10.2 Å². The normalized spacial score (nSPS) is 17.0. The third kappa shape index (κ3) is 17.2. The maximum atomic E-state index is 11.8. The topological polar surface area (TPSA) is 35.6 Å². The van der Waals surface area contributed by atoms with E-state index in [1.54, 1.807) is 12.2 Å². The second-order valence-corrected chi connectivity index (χ2v) is 8.00. The van der Waals surface area contributed by atoms with E-state index in [1.165, 1.54) is 51.4 Å². The second kappa shape index (κ2) is 19.8. The molecule has 0 aromatic heterocycles. The number of unbranched alkanes of at least 4 members (excludes halogenated alkanes) is 7. The summed E-state index contributed by atoms with van der Waals surface area (Å²) in [6.45, 7) is 5.95. The number of hydrogen-bond acceptors (Lipinski definition) is 3. The Morgan fingerprint density at radius 2 is 1.23 bits per heavy atom. The van der Waals surface area contributed by atoms with Crippen molar-refractivity contribution in [2.45, 2.75) is 58.3 Å². The summed E-state index contributed by atoms with van der Waals surface area (Å²) >= 11 is 0. The Bertz CT molecular complexity index is 620. The van der Waals surface area contributed by atoms with Gasteiger partial charge in [0.05, 0.1) is 0 Å². The summed E-state index contributed by atoms with van der Waals surface area (Å²) in [5.41, 5.74) is 2.90. The first-order valence-corrected chi connectivity index (χ1v) is 12.0. The van der Waals surface area contributed by atoms with E-state index in [0.29, 0.717) is 0 Å². The van der Waals surface area contributed by atoms with Gasteiger partial charge in [0.2, 0.25) is 0 Å². The number of piperazine rings is 1. The molecule has 0 aliphatic carbocycles. The Balaban J connectivity index is 2.03. The van der Waals surface area contributed by atoms with Crippen molar-refractivity contribution in [1.29, 1.82) is 0 Å². The molecule has 1 fully saturated rings. The Morgan fingerprint density at radius 3 is 1.84 bits per heavy atom. The Hall–Kier alpha value is -2.17. The van der Waals surface area contributed by atoms with Gasteiger partial charge >= 0.3 is 0 Å². The van der Waals surface area contributed by atoms with Crippen LogP contribution in [0.5, 0.6) is 0 Å². The van der Waals surface area contributed by atoms with Crippen molar-refractivity contribution in [3.05, 3.63) is 72.9 Å². The maximum absolute atomic E-state index is 11.8. The van der Waals surface area contributed by atoms with E-state index in [2.05, 4.69) is 42.5 Å². The van der Waals surface area contributed by atoms with Gasteiger partial charge in [0.1, 0.15) is 0 Å². The summed E-state index contributed by atoms with van der Waals surface area (Å²) in [5, 5.41) is 1.97. The predicted molar refractivity (Wildman–Crippen MR) is 135 cm³/mol. The zero-order valence-electron chi connectivity index (χ0n) is 19.7. The highest BCUT2D eigenvalue weighted by Crippen LogP contribution is 2.08. The summed E-state index contributed by atoms with van der Waals surface area (Å²) in [4.78, 5) is 14.1. The molecule has 1 amide bonds. The van der Waals surface area contributed by atoms with Crippen molar-refractivity contribution in [2.24, 2.45) is 0 Å². The number of hydrazine groups is 1. The highest BCUT2D eigenvalue weighted by Gasteiger charge is 2.14. The molecule has 4 nitrogen and oxygen atoms in total.